The third-order valence-corrected chi connectivity index (χ3v) is 5.62. The Bertz CT molecular complexity index is 406. The minimum absolute atomic E-state index is 0.327. The smallest absolute Gasteiger partial charge is 0.158 e. The molecule has 2 unspecified atom stereocenters. The van der Waals surface area contributed by atoms with Crippen LogP contribution in [-0.4, -0.2) is 5.78 Å². The van der Waals surface area contributed by atoms with Gasteiger partial charge in [0.15, 0.2) is 5.78 Å². The van der Waals surface area contributed by atoms with Crippen molar-refractivity contribution in [1.29, 1.82) is 0 Å². The van der Waals surface area contributed by atoms with Gasteiger partial charge < -0.3 is 0 Å². The summed E-state index contributed by atoms with van der Waals surface area (Å²) in [6.45, 7) is 10.7. The Morgan fingerprint density at radius 1 is 1.35 bits per heavy atom. The van der Waals surface area contributed by atoms with Crippen molar-refractivity contribution in [2.75, 3.05) is 0 Å². The Balaban J connectivity index is 1.91. The Kier molecular flexibility index (Phi) is 2.36. The van der Waals surface area contributed by atoms with Gasteiger partial charge in [0.2, 0.25) is 0 Å². The van der Waals surface area contributed by atoms with Crippen LogP contribution in [0.25, 0.3) is 0 Å². The normalized spacial score (nSPS) is 45.7. The van der Waals surface area contributed by atoms with Gasteiger partial charge in [-0.15, -0.1) is 0 Å². The molecular formula is C16H22O. The minimum Gasteiger partial charge on any atom is -0.295 e. The third kappa shape index (κ3) is 1.55. The fourth-order valence-electron chi connectivity index (χ4n) is 4.66. The molecule has 0 N–H and O–H groups in total. The molecule has 0 aliphatic heterocycles. The zero-order valence-corrected chi connectivity index (χ0v) is 10.8. The van der Waals surface area contributed by atoms with Crippen LogP contribution in [-0.2, 0) is 4.79 Å². The molecular weight excluding hydrogens is 208 g/mol. The predicted octanol–water partition coefficient (Wildman–Crippen LogP) is 3.90. The van der Waals surface area contributed by atoms with Gasteiger partial charge >= 0.3 is 0 Å². The second-order valence-corrected chi connectivity index (χ2v) is 6.68. The van der Waals surface area contributed by atoms with Crippen LogP contribution in [0.3, 0.4) is 0 Å². The van der Waals surface area contributed by atoms with Crippen molar-refractivity contribution in [3.05, 3.63) is 24.3 Å². The number of hydrogen-bond donors (Lipinski definition) is 0. The van der Waals surface area contributed by atoms with Crippen molar-refractivity contribution in [2.24, 2.45) is 23.2 Å². The van der Waals surface area contributed by atoms with E-state index in [9.17, 15) is 4.79 Å². The first-order chi connectivity index (χ1) is 8.01. The van der Waals surface area contributed by atoms with E-state index < -0.39 is 0 Å². The number of carbonyl (C=O) groups excluding carboxylic acids is 1. The number of allylic oxidation sites excluding steroid dienone is 2. The molecule has 0 amide bonds. The van der Waals surface area contributed by atoms with Crippen LogP contribution < -0.4 is 0 Å². The first-order valence-corrected chi connectivity index (χ1v) is 6.91. The van der Waals surface area contributed by atoms with Gasteiger partial charge in [-0.2, -0.15) is 0 Å². The minimum atomic E-state index is 0.327. The molecule has 0 saturated heterocycles. The van der Waals surface area contributed by atoms with Gasteiger partial charge in [0, 0.05) is 6.42 Å². The van der Waals surface area contributed by atoms with E-state index in [4.69, 9.17) is 0 Å². The van der Waals surface area contributed by atoms with Gasteiger partial charge in [-0.25, -0.2) is 0 Å². The molecule has 3 rings (SSSR count). The van der Waals surface area contributed by atoms with E-state index in [0.717, 1.165) is 18.4 Å². The summed E-state index contributed by atoms with van der Waals surface area (Å²) in [5, 5.41) is 0. The first-order valence-electron chi connectivity index (χ1n) is 6.91. The number of ketones is 1. The largest absolute Gasteiger partial charge is 0.295 e. The van der Waals surface area contributed by atoms with Crippen molar-refractivity contribution in [3.8, 4) is 0 Å². The average molecular weight is 230 g/mol. The Hall–Kier alpha value is -0.850. The fourth-order valence-corrected chi connectivity index (χ4v) is 4.66. The molecule has 3 fully saturated rings. The second-order valence-electron chi connectivity index (χ2n) is 6.68. The summed E-state index contributed by atoms with van der Waals surface area (Å²) in [5.41, 5.74) is 2.77. The van der Waals surface area contributed by atoms with Crippen molar-refractivity contribution in [2.45, 2.75) is 45.4 Å². The molecule has 1 heteroatoms. The molecule has 3 saturated carbocycles. The highest BCUT2D eigenvalue weighted by Gasteiger charge is 2.50. The molecule has 0 radical (unpaired) electrons. The number of fused-ring (bicyclic) bond motifs is 2. The van der Waals surface area contributed by atoms with E-state index in [0.29, 0.717) is 29.0 Å². The molecule has 4 atom stereocenters. The summed E-state index contributed by atoms with van der Waals surface area (Å²) in [7, 11) is 0. The van der Waals surface area contributed by atoms with Crippen LogP contribution >= 0.6 is 0 Å². The Morgan fingerprint density at radius 2 is 2.12 bits per heavy atom. The maximum absolute atomic E-state index is 11.8. The SMILES string of the molecule is C=C1C(=O)C[C@@H]2C[C@@]3(C)CCCC(=C)C3CC12. The van der Waals surface area contributed by atoms with Crippen molar-refractivity contribution in [1.82, 2.24) is 0 Å². The lowest BCUT2D eigenvalue weighted by molar-refractivity contribution is -0.114. The highest BCUT2D eigenvalue weighted by molar-refractivity contribution is 5.97. The summed E-state index contributed by atoms with van der Waals surface area (Å²) in [4.78, 5) is 11.8. The Morgan fingerprint density at radius 3 is 2.88 bits per heavy atom. The van der Waals surface area contributed by atoms with E-state index in [-0.39, 0.29) is 0 Å². The van der Waals surface area contributed by atoms with E-state index in [1.807, 2.05) is 0 Å². The predicted molar refractivity (Wildman–Crippen MR) is 69.6 cm³/mol. The molecule has 0 aromatic carbocycles. The number of hydrogen-bond acceptors (Lipinski definition) is 1. The monoisotopic (exact) mass is 230 g/mol. The van der Waals surface area contributed by atoms with Crippen LogP contribution in [0.2, 0.25) is 0 Å². The molecule has 0 spiro atoms. The molecule has 0 aromatic rings. The quantitative estimate of drug-likeness (QED) is 0.455. The molecule has 3 aliphatic carbocycles. The van der Waals surface area contributed by atoms with Crippen LogP contribution in [0.1, 0.15) is 45.4 Å². The van der Waals surface area contributed by atoms with E-state index >= 15 is 0 Å². The summed E-state index contributed by atoms with van der Waals surface area (Å²) in [5.74, 6) is 2.02. The summed E-state index contributed by atoms with van der Waals surface area (Å²) < 4.78 is 0. The molecule has 92 valence electrons. The number of Topliss-reactive ketones (excluding diaryl/α,β-unsaturated/α-hetero) is 1. The molecule has 3 aliphatic rings. The third-order valence-electron chi connectivity index (χ3n) is 5.62. The fraction of sp³-hybridized carbons (Fsp3) is 0.688. The van der Waals surface area contributed by atoms with Crippen molar-refractivity contribution < 1.29 is 4.79 Å². The lowest BCUT2D eigenvalue weighted by Crippen LogP contribution is -2.41. The molecule has 17 heavy (non-hydrogen) atoms. The molecule has 1 nitrogen and oxygen atoms in total. The number of carbonyl (C=O) groups is 1. The van der Waals surface area contributed by atoms with Crippen LogP contribution in [0.4, 0.5) is 0 Å². The van der Waals surface area contributed by atoms with Crippen LogP contribution in [0, 0.1) is 23.2 Å². The summed E-state index contributed by atoms with van der Waals surface area (Å²) in [6.07, 6.45) is 6.92. The lowest BCUT2D eigenvalue weighted by Gasteiger charge is -2.50. The first kappa shape index (κ1) is 11.3. The van der Waals surface area contributed by atoms with Crippen LogP contribution in [0.15, 0.2) is 24.3 Å². The average Bonchev–Trinajstić information content (AvgIpc) is 2.52. The van der Waals surface area contributed by atoms with Crippen molar-refractivity contribution in [3.63, 3.8) is 0 Å². The van der Waals surface area contributed by atoms with Gasteiger partial charge in [-0.1, -0.05) is 25.7 Å². The van der Waals surface area contributed by atoms with Gasteiger partial charge in [0.1, 0.15) is 0 Å². The van der Waals surface area contributed by atoms with E-state index in [1.54, 1.807) is 0 Å². The second kappa shape index (κ2) is 3.57. The van der Waals surface area contributed by atoms with Gasteiger partial charge in [-0.05, 0) is 60.8 Å². The van der Waals surface area contributed by atoms with Gasteiger partial charge in [0.05, 0.1) is 0 Å². The maximum Gasteiger partial charge on any atom is 0.158 e. The number of rotatable bonds is 0. The standard InChI is InChI=1S/C16H22O/c1-10-5-4-6-16(3)9-12-7-15(17)11(2)13(12)8-14(10)16/h12-14H,1-2,4-9H2,3H3/t12-,13?,14?,16-/m1/s1. The molecule has 0 bridgehead atoms. The van der Waals surface area contributed by atoms with E-state index in [1.165, 1.54) is 31.3 Å². The van der Waals surface area contributed by atoms with Gasteiger partial charge in [-0.3, -0.25) is 4.79 Å². The topological polar surface area (TPSA) is 17.1 Å². The Labute approximate surface area is 104 Å². The lowest BCUT2D eigenvalue weighted by atomic mass is 9.54. The highest BCUT2D eigenvalue weighted by Crippen LogP contribution is 2.58. The van der Waals surface area contributed by atoms with E-state index in [2.05, 4.69) is 20.1 Å². The summed E-state index contributed by atoms with van der Waals surface area (Å²) in [6, 6.07) is 0. The molecule has 0 heterocycles. The van der Waals surface area contributed by atoms with Crippen LogP contribution in [0.5, 0.6) is 0 Å². The maximum atomic E-state index is 11.8. The highest BCUT2D eigenvalue weighted by atomic mass is 16.1. The zero-order chi connectivity index (χ0) is 12.2. The summed E-state index contributed by atoms with van der Waals surface area (Å²) >= 11 is 0. The zero-order valence-electron chi connectivity index (χ0n) is 10.8. The van der Waals surface area contributed by atoms with Crippen molar-refractivity contribution >= 4 is 5.78 Å². The molecule has 0 aromatic heterocycles. The van der Waals surface area contributed by atoms with Gasteiger partial charge in [0.25, 0.3) is 0 Å².